The average molecular weight is 439 g/mol. The number of hydrogen-bond donors (Lipinski definition) is 2. The summed E-state index contributed by atoms with van der Waals surface area (Å²) in [5.41, 5.74) is 1.16. The third kappa shape index (κ3) is 5.36. The van der Waals surface area contributed by atoms with Gasteiger partial charge < -0.3 is 15.1 Å². The Morgan fingerprint density at radius 3 is 2.17 bits per heavy atom. The number of fused-ring (bicyclic) bond motifs is 1. The van der Waals surface area contributed by atoms with Gasteiger partial charge in [0, 0.05) is 4.90 Å². The van der Waals surface area contributed by atoms with Crippen LogP contribution in [0.1, 0.15) is 33.3 Å². The van der Waals surface area contributed by atoms with Crippen molar-refractivity contribution in [3.63, 3.8) is 0 Å². The number of aliphatic carboxylic acids is 1. The maximum absolute atomic E-state index is 12.1. The maximum Gasteiger partial charge on any atom is 0.354 e. The first-order chi connectivity index (χ1) is 13.7. The number of rotatable bonds is 7. The quantitative estimate of drug-likeness (QED) is 0.630. The number of β-lactam (4-membered cyclic amide) rings is 1. The zero-order valence-corrected chi connectivity index (χ0v) is 19.2. The van der Waals surface area contributed by atoms with Crippen LogP contribution in [-0.4, -0.2) is 63.0 Å². The molecule has 1 fully saturated rings. The number of aryl methyl sites for hydroxylation is 1. The Balaban J connectivity index is 0.000000370. The number of thioether (sulfide) groups is 2. The number of aliphatic hydroxyl groups is 1. The van der Waals surface area contributed by atoms with Gasteiger partial charge in [-0.05, 0) is 45.6 Å². The molecule has 6 nitrogen and oxygen atoms in total. The molecule has 2 heterocycles. The van der Waals surface area contributed by atoms with Crippen LogP contribution in [0.15, 0.2) is 39.1 Å². The molecule has 0 spiro atoms. The molecule has 2 aliphatic rings. The highest BCUT2D eigenvalue weighted by Gasteiger charge is 2.57. The summed E-state index contributed by atoms with van der Waals surface area (Å²) in [5.74, 6) is -1.96. The predicted molar refractivity (Wildman–Crippen MR) is 119 cm³/mol. The molecule has 29 heavy (non-hydrogen) atoms. The van der Waals surface area contributed by atoms with Gasteiger partial charge in [-0.15, -0.1) is 0 Å². The molecule has 1 aromatic carbocycles. The van der Waals surface area contributed by atoms with Gasteiger partial charge >= 0.3 is 5.97 Å². The molecule has 2 N–H and O–H groups in total. The first kappa shape index (κ1) is 23.8. The number of benzene rings is 1. The number of amides is 1. The highest BCUT2D eigenvalue weighted by molar-refractivity contribution is 8.22. The Kier molecular flexibility index (Phi) is 8.63. The van der Waals surface area contributed by atoms with Crippen molar-refractivity contribution in [2.75, 3.05) is 19.6 Å². The zero-order valence-electron chi connectivity index (χ0n) is 17.6. The minimum atomic E-state index is -1.11. The van der Waals surface area contributed by atoms with Crippen LogP contribution < -0.4 is 0 Å². The molecule has 3 rings (SSSR count). The van der Waals surface area contributed by atoms with E-state index in [1.807, 2.05) is 31.2 Å². The predicted octanol–water partition coefficient (Wildman–Crippen LogP) is 3.60. The standard InChI is InChI=1S/C15H15NO4S2.C6H15N/c1-7-3-5-9(6-4-7)21-15-11(14(19)20)16-12(18)10(8(2)17)13(16)22-15;1-4-7(5-2)6-3/h3-6,8,10,13,17H,1-2H3,(H,19,20);4-6H2,1-3H3/t8-,10+,13-;/m1./s1. The second-order valence-electron chi connectivity index (χ2n) is 6.96. The molecule has 1 amide bonds. The molecule has 160 valence electrons. The zero-order chi connectivity index (χ0) is 21.7. The van der Waals surface area contributed by atoms with Crippen molar-refractivity contribution in [2.45, 2.75) is 51.0 Å². The van der Waals surface area contributed by atoms with Gasteiger partial charge in [0.05, 0.1) is 16.3 Å². The molecular formula is C21H30N2O4S2. The fourth-order valence-corrected chi connectivity index (χ4v) is 6.07. The number of carboxylic acid groups (broad SMARTS) is 1. The van der Waals surface area contributed by atoms with E-state index in [1.165, 1.54) is 48.1 Å². The van der Waals surface area contributed by atoms with Crippen LogP contribution in [0.5, 0.6) is 0 Å². The van der Waals surface area contributed by atoms with Crippen LogP contribution in [-0.2, 0) is 9.59 Å². The van der Waals surface area contributed by atoms with E-state index >= 15 is 0 Å². The van der Waals surface area contributed by atoms with E-state index in [0.29, 0.717) is 4.24 Å². The van der Waals surface area contributed by atoms with Crippen molar-refractivity contribution in [3.8, 4) is 0 Å². The Bertz CT molecular complexity index is 755. The summed E-state index contributed by atoms with van der Waals surface area (Å²) in [6.45, 7) is 13.7. The molecule has 0 bridgehead atoms. The molecule has 0 saturated carbocycles. The van der Waals surface area contributed by atoms with Crippen molar-refractivity contribution in [1.29, 1.82) is 0 Å². The smallest absolute Gasteiger partial charge is 0.354 e. The Morgan fingerprint density at radius 2 is 1.76 bits per heavy atom. The third-order valence-corrected chi connectivity index (χ3v) is 7.62. The molecule has 1 saturated heterocycles. The second-order valence-corrected chi connectivity index (χ2v) is 9.43. The third-order valence-electron chi connectivity index (χ3n) is 5.04. The molecule has 0 radical (unpaired) electrons. The van der Waals surface area contributed by atoms with E-state index in [0.717, 1.165) is 10.5 Å². The lowest BCUT2D eigenvalue weighted by Gasteiger charge is -2.43. The Hall–Kier alpha value is -1.48. The van der Waals surface area contributed by atoms with Crippen LogP contribution in [0.2, 0.25) is 0 Å². The van der Waals surface area contributed by atoms with Gasteiger partial charge in [-0.1, -0.05) is 62.0 Å². The van der Waals surface area contributed by atoms with Crippen LogP contribution in [0.4, 0.5) is 0 Å². The van der Waals surface area contributed by atoms with Gasteiger partial charge in [-0.3, -0.25) is 9.69 Å². The Labute approximate surface area is 181 Å². The van der Waals surface area contributed by atoms with Crippen LogP contribution in [0.3, 0.4) is 0 Å². The molecule has 1 aromatic rings. The Morgan fingerprint density at radius 1 is 1.21 bits per heavy atom. The fourth-order valence-electron chi connectivity index (χ4n) is 3.21. The molecular weight excluding hydrogens is 408 g/mol. The summed E-state index contributed by atoms with van der Waals surface area (Å²) in [7, 11) is 0. The van der Waals surface area contributed by atoms with Gasteiger partial charge in [0.15, 0.2) is 5.70 Å². The molecule has 3 atom stereocenters. The largest absolute Gasteiger partial charge is 0.477 e. The summed E-state index contributed by atoms with van der Waals surface area (Å²) >= 11 is 2.69. The fraction of sp³-hybridized carbons (Fsp3) is 0.524. The summed E-state index contributed by atoms with van der Waals surface area (Å²) in [6, 6.07) is 7.77. The van der Waals surface area contributed by atoms with Gasteiger partial charge in [-0.2, -0.15) is 0 Å². The number of nitrogens with zero attached hydrogens (tertiary/aromatic N) is 2. The van der Waals surface area contributed by atoms with Crippen molar-refractivity contribution in [1.82, 2.24) is 9.80 Å². The van der Waals surface area contributed by atoms with E-state index in [2.05, 4.69) is 25.7 Å². The monoisotopic (exact) mass is 438 g/mol. The lowest BCUT2D eigenvalue weighted by Crippen LogP contribution is -2.60. The summed E-state index contributed by atoms with van der Waals surface area (Å²) in [6.07, 6.45) is -0.778. The molecule has 0 unspecified atom stereocenters. The summed E-state index contributed by atoms with van der Waals surface area (Å²) in [4.78, 5) is 28.2. The number of carbonyl (C=O) groups excluding carboxylic acids is 1. The van der Waals surface area contributed by atoms with E-state index < -0.39 is 18.0 Å². The number of carbonyl (C=O) groups is 2. The van der Waals surface area contributed by atoms with Gasteiger partial charge in [0.25, 0.3) is 0 Å². The number of aliphatic hydroxyl groups excluding tert-OH is 1. The molecule has 8 heteroatoms. The summed E-state index contributed by atoms with van der Waals surface area (Å²) < 4.78 is 0.595. The van der Waals surface area contributed by atoms with E-state index in [-0.39, 0.29) is 17.0 Å². The first-order valence-electron chi connectivity index (χ1n) is 9.87. The van der Waals surface area contributed by atoms with E-state index in [9.17, 15) is 19.8 Å². The normalized spacial score (nSPS) is 21.5. The van der Waals surface area contributed by atoms with Crippen molar-refractivity contribution >= 4 is 35.4 Å². The molecule has 2 aliphatic heterocycles. The van der Waals surface area contributed by atoms with Gasteiger partial charge in [0.1, 0.15) is 5.37 Å². The van der Waals surface area contributed by atoms with Crippen LogP contribution in [0, 0.1) is 12.8 Å². The van der Waals surface area contributed by atoms with Crippen molar-refractivity contribution < 1.29 is 19.8 Å². The van der Waals surface area contributed by atoms with Crippen molar-refractivity contribution in [2.24, 2.45) is 5.92 Å². The second kappa shape index (κ2) is 10.5. The van der Waals surface area contributed by atoms with Gasteiger partial charge in [0.2, 0.25) is 5.91 Å². The first-order valence-corrected chi connectivity index (χ1v) is 11.6. The summed E-state index contributed by atoms with van der Waals surface area (Å²) in [5, 5.41) is 18.8. The molecule has 0 aromatic heterocycles. The highest BCUT2D eigenvalue weighted by Crippen LogP contribution is 2.55. The average Bonchev–Trinajstić information content (AvgIpc) is 2.99. The minimum absolute atomic E-state index is 0.0301. The SMILES string of the molecule is CCN(CC)CC.Cc1ccc(SC2=C(C(=O)O)N3C(=O)[C@H]([C@@H](C)O)[C@H]3S2)cc1. The van der Waals surface area contributed by atoms with E-state index in [4.69, 9.17) is 0 Å². The minimum Gasteiger partial charge on any atom is -0.477 e. The topological polar surface area (TPSA) is 81.1 Å². The number of carboxylic acids is 1. The van der Waals surface area contributed by atoms with E-state index in [1.54, 1.807) is 6.92 Å². The molecule has 0 aliphatic carbocycles. The van der Waals surface area contributed by atoms with Crippen LogP contribution >= 0.6 is 23.5 Å². The lowest BCUT2D eigenvalue weighted by atomic mass is 9.92. The van der Waals surface area contributed by atoms with Gasteiger partial charge in [-0.25, -0.2) is 4.79 Å². The van der Waals surface area contributed by atoms with Crippen LogP contribution in [0.25, 0.3) is 0 Å². The number of hydrogen-bond acceptors (Lipinski definition) is 6. The van der Waals surface area contributed by atoms with Crippen molar-refractivity contribution in [3.05, 3.63) is 39.8 Å². The maximum atomic E-state index is 12.1. The lowest BCUT2D eigenvalue weighted by molar-refractivity contribution is -0.156. The highest BCUT2D eigenvalue weighted by atomic mass is 32.2.